The van der Waals surface area contributed by atoms with Crippen molar-refractivity contribution in [3.8, 4) is 0 Å². The molecule has 0 spiro atoms. The Balaban J connectivity index is 1.98. The summed E-state index contributed by atoms with van der Waals surface area (Å²) in [5, 5.41) is 0. The Morgan fingerprint density at radius 3 is 2.30 bits per heavy atom. The average molecular weight is 300 g/mol. The number of benzene rings is 1. The van der Waals surface area contributed by atoms with E-state index < -0.39 is 10.2 Å². The molecule has 1 aliphatic rings. The van der Waals surface area contributed by atoms with Crippen LogP contribution < -0.4 is 4.72 Å². The molecule has 1 heterocycles. The Hall–Kier alpha value is -0.980. The number of rotatable bonds is 4. The maximum Gasteiger partial charge on any atom is 0.279 e. The first-order valence-corrected chi connectivity index (χ1v) is 8.30. The van der Waals surface area contributed by atoms with Gasteiger partial charge in [-0.05, 0) is 36.0 Å². The third kappa shape index (κ3) is 4.01. The molecule has 1 aromatic rings. The lowest BCUT2D eigenvalue weighted by atomic mass is 9.94. The molecule has 2 rings (SSSR count). The van der Waals surface area contributed by atoms with E-state index in [0.29, 0.717) is 24.9 Å². The van der Waals surface area contributed by atoms with Gasteiger partial charge in [-0.15, -0.1) is 0 Å². The lowest BCUT2D eigenvalue weighted by molar-refractivity contribution is 0.220. The van der Waals surface area contributed by atoms with Crippen LogP contribution in [0, 0.1) is 17.7 Å². The first kappa shape index (κ1) is 15.4. The molecule has 1 saturated heterocycles. The van der Waals surface area contributed by atoms with Gasteiger partial charge in [0, 0.05) is 19.6 Å². The summed E-state index contributed by atoms with van der Waals surface area (Å²) in [6.45, 7) is 5.43. The monoisotopic (exact) mass is 300 g/mol. The van der Waals surface area contributed by atoms with Gasteiger partial charge in [-0.2, -0.15) is 17.4 Å². The topological polar surface area (TPSA) is 49.4 Å². The highest BCUT2D eigenvalue weighted by Crippen LogP contribution is 2.22. The maximum absolute atomic E-state index is 12.8. The van der Waals surface area contributed by atoms with E-state index in [2.05, 4.69) is 18.6 Å². The lowest BCUT2D eigenvalue weighted by Crippen LogP contribution is -2.47. The van der Waals surface area contributed by atoms with Crippen LogP contribution in [0.2, 0.25) is 0 Å². The number of halogens is 1. The Labute approximate surface area is 120 Å². The van der Waals surface area contributed by atoms with Crippen molar-refractivity contribution in [1.82, 2.24) is 9.03 Å². The van der Waals surface area contributed by atoms with Gasteiger partial charge >= 0.3 is 0 Å². The predicted octanol–water partition coefficient (Wildman–Crippen LogP) is 2.14. The summed E-state index contributed by atoms with van der Waals surface area (Å²) < 4.78 is 41.4. The number of nitrogens with one attached hydrogen (secondary N) is 1. The van der Waals surface area contributed by atoms with Crippen molar-refractivity contribution in [2.24, 2.45) is 11.8 Å². The SMILES string of the molecule is C[C@@H]1C[C@@H](C)CN(S(=O)(=O)NCc2ccc(F)cc2)C1. The second-order valence-electron chi connectivity index (χ2n) is 5.72. The largest absolute Gasteiger partial charge is 0.279 e. The molecule has 0 bridgehead atoms. The molecule has 1 fully saturated rings. The Bertz CT molecular complexity index is 535. The summed E-state index contributed by atoms with van der Waals surface area (Å²) in [6, 6.07) is 5.82. The Morgan fingerprint density at radius 1 is 1.20 bits per heavy atom. The van der Waals surface area contributed by atoms with Gasteiger partial charge in [0.25, 0.3) is 10.2 Å². The molecule has 0 aromatic heterocycles. The van der Waals surface area contributed by atoms with Gasteiger partial charge in [-0.1, -0.05) is 26.0 Å². The molecule has 0 amide bonds. The fourth-order valence-corrected chi connectivity index (χ4v) is 4.10. The fourth-order valence-electron chi connectivity index (χ4n) is 2.67. The quantitative estimate of drug-likeness (QED) is 0.926. The van der Waals surface area contributed by atoms with Crippen LogP contribution in [0.3, 0.4) is 0 Å². The lowest BCUT2D eigenvalue weighted by Gasteiger charge is -2.33. The van der Waals surface area contributed by atoms with Gasteiger partial charge in [0.15, 0.2) is 0 Å². The molecule has 1 aliphatic heterocycles. The van der Waals surface area contributed by atoms with Gasteiger partial charge in [0.05, 0.1) is 0 Å². The first-order valence-electron chi connectivity index (χ1n) is 6.86. The van der Waals surface area contributed by atoms with E-state index >= 15 is 0 Å². The smallest absolute Gasteiger partial charge is 0.207 e. The van der Waals surface area contributed by atoms with Gasteiger partial charge in [-0.25, -0.2) is 4.39 Å². The highest BCUT2D eigenvalue weighted by Gasteiger charge is 2.29. The van der Waals surface area contributed by atoms with E-state index in [4.69, 9.17) is 0 Å². The van der Waals surface area contributed by atoms with Crippen molar-refractivity contribution in [1.29, 1.82) is 0 Å². The molecule has 20 heavy (non-hydrogen) atoms. The molecule has 112 valence electrons. The minimum absolute atomic E-state index is 0.182. The normalized spacial score (nSPS) is 24.8. The van der Waals surface area contributed by atoms with Gasteiger partial charge < -0.3 is 0 Å². The van der Waals surface area contributed by atoms with Crippen LogP contribution in [0.5, 0.6) is 0 Å². The van der Waals surface area contributed by atoms with E-state index in [9.17, 15) is 12.8 Å². The molecule has 1 aromatic carbocycles. The summed E-state index contributed by atoms with van der Waals surface area (Å²) >= 11 is 0. The first-order chi connectivity index (χ1) is 9.37. The highest BCUT2D eigenvalue weighted by molar-refractivity contribution is 7.87. The molecule has 6 heteroatoms. The standard InChI is InChI=1S/C14H21FN2O2S/c1-11-7-12(2)10-17(9-11)20(18,19)16-8-13-3-5-14(15)6-4-13/h3-6,11-12,16H,7-10H2,1-2H3/t11-,12-/m1/s1. The zero-order valence-corrected chi connectivity index (χ0v) is 12.7. The van der Waals surface area contributed by atoms with Crippen LogP contribution in [0.1, 0.15) is 25.8 Å². The summed E-state index contributed by atoms with van der Waals surface area (Å²) in [4.78, 5) is 0. The molecule has 2 atom stereocenters. The zero-order chi connectivity index (χ0) is 14.8. The molecule has 0 saturated carbocycles. The average Bonchev–Trinajstić information content (AvgIpc) is 2.37. The van der Waals surface area contributed by atoms with E-state index in [1.54, 1.807) is 12.1 Å². The van der Waals surface area contributed by atoms with Crippen LogP contribution in [0.15, 0.2) is 24.3 Å². The molecule has 0 unspecified atom stereocenters. The number of piperidine rings is 1. The van der Waals surface area contributed by atoms with Crippen molar-refractivity contribution < 1.29 is 12.8 Å². The number of hydrogen-bond acceptors (Lipinski definition) is 2. The van der Waals surface area contributed by atoms with Gasteiger partial charge in [0.1, 0.15) is 5.82 Å². The minimum Gasteiger partial charge on any atom is -0.207 e. The van der Waals surface area contributed by atoms with Gasteiger partial charge in [-0.3, -0.25) is 0 Å². The van der Waals surface area contributed by atoms with Crippen LogP contribution >= 0.6 is 0 Å². The second kappa shape index (κ2) is 6.20. The Morgan fingerprint density at radius 2 is 1.75 bits per heavy atom. The molecule has 0 aliphatic carbocycles. The van der Waals surface area contributed by atoms with Crippen LogP contribution in [-0.2, 0) is 16.8 Å². The molecular formula is C14H21FN2O2S. The zero-order valence-electron chi connectivity index (χ0n) is 11.8. The van der Waals surface area contributed by atoms with Crippen molar-refractivity contribution in [2.75, 3.05) is 13.1 Å². The highest BCUT2D eigenvalue weighted by atomic mass is 32.2. The third-order valence-corrected chi connectivity index (χ3v) is 5.03. The third-order valence-electron chi connectivity index (χ3n) is 3.55. The van der Waals surface area contributed by atoms with E-state index in [1.165, 1.54) is 16.4 Å². The van der Waals surface area contributed by atoms with Crippen LogP contribution in [-0.4, -0.2) is 25.8 Å². The van der Waals surface area contributed by atoms with E-state index in [-0.39, 0.29) is 12.4 Å². The van der Waals surface area contributed by atoms with Crippen molar-refractivity contribution in [3.63, 3.8) is 0 Å². The number of hydrogen-bond donors (Lipinski definition) is 1. The van der Waals surface area contributed by atoms with Crippen molar-refractivity contribution in [2.45, 2.75) is 26.8 Å². The van der Waals surface area contributed by atoms with Crippen molar-refractivity contribution >= 4 is 10.2 Å². The molecule has 0 radical (unpaired) electrons. The molecule has 4 nitrogen and oxygen atoms in total. The van der Waals surface area contributed by atoms with E-state index in [1.807, 2.05) is 0 Å². The fraction of sp³-hybridized carbons (Fsp3) is 0.571. The maximum atomic E-state index is 12.8. The Kier molecular flexibility index (Phi) is 4.78. The van der Waals surface area contributed by atoms with E-state index in [0.717, 1.165) is 12.0 Å². The van der Waals surface area contributed by atoms with Crippen LogP contribution in [0.4, 0.5) is 4.39 Å². The summed E-state index contributed by atoms with van der Waals surface area (Å²) in [6.07, 6.45) is 1.06. The molecule has 1 N–H and O–H groups in total. The summed E-state index contributed by atoms with van der Waals surface area (Å²) in [7, 11) is -3.47. The van der Waals surface area contributed by atoms with Crippen LogP contribution in [0.25, 0.3) is 0 Å². The summed E-state index contributed by atoms with van der Waals surface area (Å²) in [5.41, 5.74) is 0.744. The molecular weight excluding hydrogens is 279 g/mol. The number of nitrogens with zero attached hydrogens (tertiary/aromatic N) is 1. The minimum atomic E-state index is -3.47. The van der Waals surface area contributed by atoms with Gasteiger partial charge in [0.2, 0.25) is 0 Å². The van der Waals surface area contributed by atoms with Crippen molar-refractivity contribution in [3.05, 3.63) is 35.6 Å². The predicted molar refractivity (Wildman–Crippen MR) is 76.7 cm³/mol. The summed E-state index contributed by atoms with van der Waals surface area (Å²) in [5.74, 6) is 0.428. The second-order valence-corrected chi connectivity index (χ2v) is 7.47.